The maximum Gasteiger partial charge on any atom is 0.258 e. The molecule has 574 valence electrons. The number of rotatable bonds is 10. The van der Waals surface area contributed by atoms with Gasteiger partial charge in [0.15, 0.2) is 0 Å². The first-order valence-electron chi connectivity index (χ1n) is 38.9. The van der Waals surface area contributed by atoms with Crippen LogP contribution in [0.5, 0.6) is 0 Å². The highest BCUT2D eigenvalue weighted by atomic mass is 16.1. The summed E-state index contributed by atoms with van der Waals surface area (Å²) in [5.41, 5.74) is 24.2. The number of aromatic nitrogens is 16. The third kappa shape index (κ3) is 15.6. The van der Waals surface area contributed by atoms with Crippen LogP contribution in [0.2, 0.25) is 0 Å². The zero-order valence-corrected chi connectivity index (χ0v) is 65.3. The molecule has 114 heavy (non-hydrogen) atoms. The molecule has 0 atom stereocenters. The van der Waals surface area contributed by atoms with Crippen LogP contribution in [0.1, 0.15) is 78.5 Å². The zero-order chi connectivity index (χ0) is 78.4. The number of aryl methyl sites for hydroxylation is 4. The summed E-state index contributed by atoms with van der Waals surface area (Å²) in [4.78, 5) is 97.3. The minimum atomic E-state index is -0.0757. The highest BCUT2D eigenvalue weighted by molar-refractivity contribution is 5.73. The molecule has 20 heterocycles. The van der Waals surface area contributed by atoms with Gasteiger partial charge in [0.2, 0.25) is 0 Å². The Balaban J connectivity index is 0.000000110. The smallest absolute Gasteiger partial charge is 0.258 e. The molecular weight excluding hydrogens is 1430 g/mol. The van der Waals surface area contributed by atoms with Gasteiger partial charge < -0.3 is 37.6 Å². The Bertz CT molecular complexity index is 6770. The first-order valence-corrected chi connectivity index (χ1v) is 38.9. The molecule has 0 saturated carbocycles. The van der Waals surface area contributed by atoms with E-state index >= 15 is 0 Å². The fraction of sp³-hybridized carbons (Fsp3) is 0.258. The van der Waals surface area contributed by atoms with E-state index in [1.54, 1.807) is 41.9 Å². The maximum absolute atomic E-state index is 12.9. The van der Waals surface area contributed by atoms with Gasteiger partial charge in [-0.2, -0.15) is 0 Å². The molecule has 0 amide bonds. The molecule has 16 aromatic heterocycles. The molecule has 25 nitrogen and oxygen atoms in total. The lowest BCUT2D eigenvalue weighted by atomic mass is 10.0. The third-order valence-corrected chi connectivity index (χ3v) is 22.0. The van der Waals surface area contributed by atoms with Crippen LogP contribution in [0.3, 0.4) is 0 Å². The number of imidazole rings is 4. The van der Waals surface area contributed by atoms with Gasteiger partial charge in [0.1, 0.15) is 45.2 Å². The molecule has 4 aliphatic heterocycles. The van der Waals surface area contributed by atoms with Crippen molar-refractivity contribution in [1.29, 1.82) is 0 Å². The highest BCUT2D eigenvalue weighted by Gasteiger charge is 2.23. The zero-order valence-electron chi connectivity index (χ0n) is 65.3. The maximum atomic E-state index is 12.9. The molecular formula is C89H89N21O4. The lowest BCUT2D eigenvalue weighted by molar-refractivity contribution is 0.249. The van der Waals surface area contributed by atoms with Gasteiger partial charge in [-0.25, -0.2) is 39.9 Å². The molecule has 25 heteroatoms. The van der Waals surface area contributed by atoms with Crippen LogP contribution in [0.4, 0.5) is 5.69 Å². The molecule has 0 bridgehead atoms. The Hall–Kier alpha value is -12.9. The molecule has 20 rings (SSSR count). The SMILES string of the molecule is CCN1CC=C(c2ccc3nc(-c4ccc5nc(C)cn5c4)cc(=O)n3c2)CC1.Cc1cn2cc(-c3cc(=O)n4cc(C5=CCN(C)CC5)ccc4n3)ccc2n1.Cc1cn2cc(-c3cc(=O)n4cc(C5=CCNCC5)ccc4n3)ccc2n1.Cc1cn2cc(-c3cc(=O)n4cc(N5CCC(N(C)C)CC5)ccc4n3)ccc2n1. The van der Waals surface area contributed by atoms with E-state index in [9.17, 15) is 19.2 Å². The largest absolute Gasteiger partial charge is 0.370 e. The molecule has 0 radical (unpaired) electrons. The van der Waals surface area contributed by atoms with E-state index < -0.39 is 0 Å². The summed E-state index contributed by atoms with van der Waals surface area (Å²) in [7, 11) is 6.40. The Morgan fingerprint density at radius 2 is 0.728 bits per heavy atom. The number of likely N-dealkylation sites (N-methyl/N-ethyl adjacent to an activating group) is 2. The predicted octanol–water partition coefficient (Wildman–Crippen LogP) is 12.0. The van der Waals surface area contributed by atoms with Gasteiger partial charge in [0.25, 0.3) is 22.2 Å². The van der Waals surface area contributed by atoms with Gasteiger partial charge in [-0.1, -0.05) is 25.2 Å². The van der Waals surface area contributed by atoms with Crippen molar-refractivity contribution in [2.45, 2.75) is 72.8 Å². The van der Waals surface area contributed by atoms with Crippen molar-refractivity contribution in [3.8, 4) is 45.0 Å². The van der Waals surface area contributed by atoms with E-state index in [4.69, 9.17) is 19.9 Å². The fourth-order valence-corrected chi connectivity index (χ4v) is 15.6. The van der Waals surface area contributed by atoms with E-state index in [0.29, 0.717) is 51.4 Å². The number of piperidine rings is 1. The lowest BCUT2D eigenvalue weighted by Gasteiger charge is -2.36. The number of hydrogen-bond acceptors (Lipinski definition) is 17. The molecule has 0 spiro atoms. The summed E-state index contributed by atoms with van der Waals surface area (Å²) in [5.74, 6) is 0. The van der Waals surface area contributed by atoms with Crippen LogP contribution >= 0.6 is 0 Å². The Morgan fingerprint density at radius 3 is 1.07 bits per heavy atom. The molecule has 4 aliphatic rings. The molecule has 1 saturated heterocycles. The van der Waals surface area contributed by atoms with Gasteiger partial charge >= 0.3 is 0 Å². The number of fused-ring (bicyclic) bond motifs is 8. The Kier molecular flexibility index (Phi) is 20.3. The van der Waals surface area contributed by atoms with Crippen molar-refractivity contribution in [2.75, 3.05) is 84.9 Å². The summed E-state index contributed by atoms with van der Waals surface area (Å²) in [6.45, 7) is 18.9. The van der Waals surface area contributed by atoms with Crippen LogP contribution in [-0.2, 0) is 0 Å². The summed E-state index contributed by atoms with van der Waals surface area (Å²) in [5, 5.41) is 3.31. The standard InChI is InChI=1S/C23H26N6O.C23H23N5O.C22H21N5O.C21H19N5O/c1-16-13-28-14-17(4-6-21(28)24-16)20-12-23(30)29-15-19(5-7-22(29)25-20)27-10-8-18(9-11-27)26(2)3;1-3-26-10-8-17(9-11-26)18-4-7-22-25-20(12-23(29)28(22)15-18)19-5-6-21-24-16(2)13-27(21)14-19;1-15-12-26-13-18(4-5-20(26)23-15)19-11-22(28)27-14-17(3-6-21(27)24-19)16-7-9-25(2)10-8-16;1-14-11-25-12-17(3-4-19(25)23-14)18-10-21(27)26-13-16(2-5-20(26)24-18)15-6-8-22-9-7-15/h4-7,12-15,18H,8-11H2,1-3H3;4-8,12-15H,3,9-11H2,1-2H3;3-7,11-14H,8-10H2,1-2H3;2-6,10-13,22H,7-9H2,1H3. The lowest BCUT2D eigenvalue weighted by Crippen LogP contribution is -2.42. The van der Waals surface area contributed by atoms with E-state index in [1.165, 1.54) is 16.7 Å². The van der Waals surface area contributed by atoms with Crippen molar-refractivity contribution in [2.24, 2.45) is 0 Å². The second-order valence-electron chi connectivity index (χ2n) is 30.2. The molecule has 0 aliphatic carbocycles. The number of nitrogens with zero attached hydrogens (tertiary/aromatic N) is 20. The van der Waals surface area contributed by atoms with Crippen molar-refractivity contribution in [1.82, 2.24) is 95.1 Å². The van der Waals surface area contributed by atoms with Gasteiger partial charge in [-0.15, -0.1) is 0 Å². The Labute approximate surface area is 656 Å². The molecule has 16 aromatic rings. The highest BCUT2D eigenvalue weighted by Crippen LogP contribution is 2.29. The number of hydrogen-bond donors (Lipinski definition) is 1. The normalized spacial score (nSPS) is 15.2. The van der Waals surface area contributed by atoms with Crippen LogP contribution < -0.4 is 32.5 Å². The van der Waals surface area contributed by atoms with Crippen LogP contribution in [0.15, 0.2) is 233 Å². The van der Waals surface area contributed by atoms with Crippen LogP contribution in [0.25, 0.3) is 107 Å². The summed E-state index contributed by atoms with van der Waals surface area (Å²) in [6, 6.07) is 38.6. The number of anilines is 1. The molecule has 1 fully saturated rings. The summed E-state index contributed by atoms with van der Waals surface area (Å²) in [6.07, 6.45) is 35.3. The first-order chi connectivity index (χ1) is 55.3. The number of nitrogens with one attached hydrogen (secondary N) is 1. The van der Waals surface area contributed by atoms with Gasteiger partial charge in [-0.05, 0) is 225 Å². The second-order valence-corrected chi connectivity index (χ2v) is 30.2. The van der Waals surface area contributed by atoms with Crippen molar-refractivity contribution < 1.29 is 0 Å². The second kappa shape index (κ2) is 31.3. The van der Waals surface area contributed by atoms with Gasteiger partial charge in [0.05, 0.1) is 51.2 Å². The van der Waals surface area contributed by atoms with Crippen molar-refractivity contribution in [3.63, 3.8) is 0 Å². The van der Waals surface area contributed by atoms with Crippen molar-refractivity contribution >= 4 is 67.6 Å². The van der Waals surface area contributed by atoms with Crippen LogP contribution in [-0.4, -0.2) is 176 Å². The van der Waals surface area contributed by atoms with E-state index in [2.05, 4.69) is 109 Å². The monoisotopic (exact) mass is 1520 g/mol. The summed E-state index contributed by atoms with van der Waals surface area (Å²) < 4.78 is 14.4. The van der Waals surface area contributed by atoms with E-state index in [0.717, 1.165) is 181 Å². The van der Waals surface area contributed by atoms with Gasteiger partial charge in [0, 0.05) is 173 Å². The summed E-state index contributed by atoms with van der Waals surface area (Å²) >= 11 is 0. The fourth-order valence-electron chi connectivity index (χ4n) is 15.6. The topological polar surface area (TPSA) is 232 Å². The van der Waals surface area contributed by atoms with Crippen LogP contribution in [0, 0.1) is 27.7 Å². The minimum Gasteiger partial charge on any atom is -0.370 e. The Morgan fingerprint density at radius 1 is 0.377 bits per heavy atom. The minimum absolute atomic E-state index is 0.0677. The third-order valence-electron chi connectivity index (χ3n) is 22.0. The van der Waals surface area contributed by atoms with E-state index in [-0.39, 0.29) is 22.2 Å². The number of pyridine rings is 8. The molecule has 1 N–H and O–H groups in total. The average Bonchev–Trinajstić information content (AvgIpc) is 1.06. The first kappa shape index (κ1) is 73.8. The van der Waals surface area contributed by atoms with Gasteiger partial charge in [-0.3, -0.25) is 41.7 Å². The predicted molar refractivity (Wildman–Crippen MR) is 451 cm³/mol. The molecule has 0 aromatic carbocycles. The van der Waals surface area contributed by atoms with E-state index in [1.807, 2.05) is 199 Å². The quantitative estimate of drug-likeness (QED) is 0.134. The molecule has 0 unspecified atom stereocenters. The average molecular weight is 1520 g/mol. The van der Waals surface area contributed by atoms with Crippen molar-refractivity contribution in [3.05, 3.63) is 295 Å².